The number of hydrogen-bond acceptors (Lipinski definition) is 5. The minimum Gasteiger partial charge on any atom is -0.306 e. The number of halogens is 1. The number of nitrogens with zero attached hydrogens (tertiary/aromatic N) is 2. The van der Waals surface area contributed by atoms with Crippen LogP contribution >= 0.6 is 12.4 Å². The second-order valence-electron chi connectivity index (χ2n) is 5.21. The molecule has 6 nitrogen and oxygen atoms in total. The van der Waals surface area contributed by atoms with Gasteiger partial charge in [0.25, 0.3) is 0 Å². The van der Waals surface area contributed by atoms with E-state index in [1.807, 2.05) is 42.5 Å². The first-order chi connectivity index (χ1) is 10.8. The summed E-state index contributed by atoms with van der Waals surface area (Å²) >= 11 is 0. The van der Waals surface area contributed by atoms with Crippen molar-refractivity contribution in [2.24, 2.45) is 0 Å². The Labute approximate surface area is 141 Å². The van der Waals surface area contributed by atoms with Gasteiger partial charge >= 0.3 is 6.09 Å². The summed E-state index contributed by atoms with van der Waals surface area (Å²) < 4.78 is 0.162. The van der Waals surface area contributed by atoms with E-state index in [4.69, 9.17) is 4.84 Å². The van der Waals surface area contributed by atoms with Crippen molar-refractivity contribution in [1.29, 1.82) is 0 Å². The highest BCUT2D eigenvalue weighted by Crippen LogP contribution is 2.25. The standard InChI is InChI=1S/C16H19N4O2.ClH/c21-16(22-19-14-4-2-1-3-5-14)20(12-10-18-11-13-20)15-6-8-17-9-7-15;/h1-9,18-19H,10-13H2;1H/q+1;. The van der Waals surface area contributed by atoms with Gasteiger partial charge in [-0.1, -0.05) is 18.2 Å². The SMILES string of the molecule is Cl.O=C(ONc1ccccc1)[N+]1(c2ccncc2)CCNCC1. The molecular formula is C16H20ClN4O2+. The van der Waals surface area contributed by atoms with E-state index in [2.05, 4.69) is 15.8 Å². The summed E-state index contributed by atoms with van der Waals surface area (Å²) in [7, 11) is 0. The van der Waals surface area contributed by atoms with Crippen molar-refractivity contribution >= 4 is 29.9 Å². The van der Waals surface area contributed by atoms with E-state index in [-0.39, 0.29) is 23.0 Å². The lowest BCUT2D eigenvalue weighted by Gasteiger charge is -2.36. The first-order valence-corrected chi connectivity index (χ1v) is 7.32. The quantitative estimate of drug-likeness (QED) is 0.667. The molecule has 1 aliphatic heterocycles. The first-order valence-electron chi connectivity index (χ1n) is 7.32. The largest absolute Gasteiger partial charge is 0.545 e. The molecule has 2 aromatic rings. The van der Waals surface area contributed by atoms with Crippen molar-refractivity contribution in [3.63, 3.8) is 0 Å². The Hall–Kier alpha value is -2.15. The van der Waals surface area contributed by atoms with Crippen LogP contribution in [0.3, 0.4) is 0 Å². The molecule has 1 aromatic carbocycles. The fourth-order valence-electron chi connectivity index (χ4n) is 2.65. The summed E-state index contributed by atoms with van der Waals surface area (Å²) in [5, 5.41) is 3.28. The number of quaternary nitrogens is 1. The topological polar surface area (TPSA) is 63.2 Å². The molecule has 122 valence electrons. The van der Waals surface area contributed by atoms with Crippen LogP contribution < -0.4 is 15.3 Å². The molecule has 2 N–H and O–H groups in total. The number of piperazine rings is 1. The molecule has 0 saturated carbocycles. The fourth-order valence-corrected chi connectivity index (χ4v) is 2.65. The zero-order chi connectivity index (χ0) is 15.3. The van der Waals surface area contributed by atoms with Crippen LogP contribution in [0.2, 0.25) is 0 Å². The van der Waals surface area contributed by atoms with E-state index in [1.54, 1.807) is 12.4 Å². The fraction of sp³-hybridized carbons (Fsp3) is 0.250. The summed E-state index contributed by atoms with van der Waals surface area (Å²) in [5.74, 6) is 0. The molecule has 1 amide bonds. The van der Waals surface area contributed by atoms with Crippen LogP contribution in [0.4, 0.5) is 16.2 Å². The van der Waals surface area contributed by atoms with Gasteiger partial charge in [0.2, 0.25) is 0 Å². The Morgan fingerprint density at radius 3 is 2.39 bits per heavy atom. The molecule has 0 unspecified atom stereocenters. The maximum absolute atomic E-state index is 12.7. The van der Waals surface area contributed by atoms with Crippen LogP contribution in [-0.4, -0.2) is 37.3 Å². The minimum atomic E-state index is -0.309. The zero-order valence-corrected chi connectivity index (χ0v) is 13.5. The Kier molecular flexibility index (Phi) is 5.92. The van der Waals surface area contributed by atoms with Gasteiger partial charge in [-0.2, -0.15) is 9.28 Å². The Balaban J connectivity index is 0.00000192. The van der Waals surface area contributed by atoms with E-state index in [0.29, 0.717) is 13.1 Å². The van der Waals surface area contributed by atoms with E-state index in [0.717, 1.165) is 24.5 Å². The number of para-hydroxylation sites is 1. The number of carbonyl (C=O) groups excluding carboxylic acids is 1. The zero-order valence-electron chi connectivity index (χ0n) is 12.6. The number of pyridine rings is 1. The van der Waals surface area contributed by atoms with Crippen molar-refractivity contribution in [2.45, 2.75) is 0 Å². The summed E-state index contributed by atoms with van der Waals surface area (Å²) in [5.41, 5.74) is 4.38. The maximum Gasteiger partial charge on any atom is 0.545 e. The first kappa shape index (κ1) is 17.2. The number of hydrogen-bond donors (Lipinski definition) is 2. The molecule has 1 fully saturated rings. The lowest BCUT2D eigenvalue weighted by Crippen LogP contribution is -2.63. The van der Waals surface area contributed by atoms with Crippen LogP contribution in [0.5, 0.6) is 0 Å². The normalized spacial score (nSPS) is 16.0. The minimum absolute atomic E-state index is 0. The second kappa shape index (κ2) is 7.92. The third kappa shape index (κ3) is 3.79. The van der Waals surface area contributed by atoms with Gasteiger partial charge in [-0.25, -0.2) is 5.48 Å². The highest BCUT2D eigenvalue weighted by molar-refractivity contribution is 5.85. The average Bonchev–Trinajstić information content (AvgIpc) is 2.62. The van der Waals surface area contributed by atoms with E-state index < -0.39 is 0 Å². The number of benzene rings is 1. The van der Waals surface area contributed by atoms with Crippen LogP contribution in [0.15, 0.2) is 54.9 Å². The predicted molar refractivity (Wildman–Crippen MR) is 92.4 cm³/mol. The summed E-state index contributed by atoms with van der Waals surface area (Å²) in [6.07, 6.45) is 3.10. The summed E-state index contributed by atoms with van der Waals surface area (Å²) in [4.78, 5) is 22.1. The van der Waals surface area contributed by atoms with Crippen LogP contribution in [0, 0.1) is 0 Å². The number of nitrogens with one attached hydrogen (secondary N) is 2. The van der Waals surface area contributed by atoms with Gasteiger partial charge in [0, 0.05) is 37.6 Å². The lowest BCUT2D eigenvalue weighted by atomic mass is 10.2. The summed E-state index contributed by atoms with van der Waals surface area (Å²) in [6.45, 7) is 2.84. The van der Waals surface area contributed by atoms with E-state index in [1.165, 1.54) is 0 Å². The Morgan fingerprint density at radius 2 is 1.74 bits per heavy atom. The van der Waals surface area contributed by atoms with Gasteiger partial charge in [0.1, 0.15) is 18.8 Å². The Bertz CT molecular complexity index is 618. The maximum atomic E-state index is 12.7. The van der Waals surface area contributed by atoms with Gasteiger partial charge in [-0.15, -0.1) is 12.4 Å². The van der Waals surface area contributed by atoms with E-state index in [9.17, 15) is 4.79 Å². The number of anilines is 1. The van der Waals surface area contributed by atoms with Crippen molar-refractivity contribution in [1.82, 2.24) is 14.8 Å². The number of aromatic nitrogens is 1. The molecule has 2 heterocycles. The van der Waals surface area contributed by atoms with Crippen molar-refractivity contribution in [3.8, 4) is 0 Å². The van der Waals surface area contributed by atoms with Crippen molar-refractivity contribution in [2.75, 3.05) is 31.7 Å². The monoisotopic (exact) mass is 335 g/mol. The second-order valence-corrected chi connectivity index (χ2v) is 5.21. The van der Waals surface area contributed by atoms with Gasteiger partial charge in [-0.3, -0.25) is 9.82 Å². The van der Waals surface area contributed by atoms with Crippen LogP contribution in [0.25, 0.3) is 0 Å². The van der Waals surface area contributed by atoms with Gasteiger partial charge < -0.3 is 5.32 Å². The van der Waals surface area contributed by atoms with Crippen LogP contribution in [0.1, 0.15) is 0 Å². The molecule has 0 radical (unpaired) electrons. The average molecular weight is 336 g/mol. The molecule has 3 rings (SSSR count). The van der Waals surface area contributed by atoms with E-state index >= 15 is 0 Å². The van der Waals surface area contributed by atoms with Crippen molar-refractivity contribution in [3.05, 3.63) is 54.9 Å². The highest BCUT2D eigenvalue weighted by Gasteiger charge is 2.43. The van der Waals surface area contributed by atoms with Crippen molar-refractivity contribution < 1.29 is 9.63 Å². The summed E-state index contributed by atoms with van der Waals surface area (Å²) in [6, 6.07) is 13.1. The van der Waals surface area contributed by atoms with Gasteiger partial charge in [-0.05, 0) is 12.1 Å². The lowest BCUT2D eigenvalue weighted by molar-refractivity contribution is 0.118. The van der Waals surface area contributed by atoms with Gasteiger partial charge in [0.15, 0.2) is 0 Å². The Morgan fingerprint density at radius 1 is 1.09 bits per heavy atom. The highest BCUT2D eigenvalue weighted by atomic mass is 35.5. The number of carbonyl (C=O) groups is 1. The molecule has 0 aliphatic carbocycles. The molecule has 1 saturated heterocycles. The molecule has 23 heavy (non-hydrogen) atoms. The molecule has 1 aromatic heterocycles. The van der Waals surface area contributed by atoms with Crippen LogP contribution in [-0.2, 0) is 4.84 Å². The predicted octanol–water partition coefficient (Wildman–Crippen LogP) is 2.58. The molecule has 0 atom stereocenters. The molecule has 7 heteroatoms. The third-order valence-corrected chi connectivity index (χ3v) is 3.88. The molecular weight excluding hydrogens is 316 g/mol. The smallest absolute Gasteiger partial charge is 0.306 e. The molecule has 1 aliphatic rings. The number of rotatable bonds is 3. The van der Waals surface area contributed by atoms with Gasteiger partial charge in [0.05, 0.1) is 5.69 Å². The molecule has 0 spiro atoms. The third-order valence-electron chi connectivity index (χ3n) is 3.88. The number of amides is 1. The molecule has 0 bridgehead atoms.